The van der Waals surface area contributed by atoms with Gasteiger partial charge in [-0.15, -0.1) is 10.2 Å². The highest BCUT2D eigenvalue weighted by atomic mass is 16.5. The van der Waals surface area contributed by atoms with Gasteiger partial charge in [0.15, 0.2) is 11.4 Å². The van der Waals surface area contributed by atoms with E-state index in [-0.39, 0.29) is 5.91 Å². The van der Waals surface area contributed by atoms with Gasteiger partial charge in [-0.05, 0) is 36.8 Å². The number of ether oxygens (including phenoxy) is 1. The zero-order chi connectivity index (χ0) is 15.5. The maximum atomic E-state index is 12.5. The van der Waals surface area contributed by atoms with Crippen LogP contribution >= 0.6 is 0 Å². The molecule has 1 aromatic rings. The highest BCUT2D eigenvalue weighted by Crippen LogP contribution is 2.18. The summed E-state index contributed by atoms with van der Waals surface area (Å²) in [7, 11) is 0. The van der Waals surface area contributed by atoms with E-state index in [1.807, 2.05) is 11.0 Å². The average molecular weight is 302 g/mol. The van der Waals surface area contributed by atoms with Crippen molar-refractivity contribution in [2.45, 2.75) is 33.1 Å². The monoisotopic (exact) mass is 302 g/mol. The molecule has 2 aliphatic heterocycles. The number of likely N-dealkylation sites (tertiary alicyclic amines) is 1. The molecule has 0 aliphatic carbocycles. The first-order chi connectivity index (χ1) is 10.6. The summed E-state index contributed by atoms with van der Waals surface area (Å²) in [4.78, 5) is 18.7. The molecular formula is C16H22N4O2. The average Bonchev–Trinajstić information content (AvgIpc) is 3.19. The summed E-state index contributed by atoms with van der Waals surface area (Å²) in [6.45, 7) is 7.17. The summed E-state index contributed by atoms with van der Waals surface area (Å²) in [5, 5.41) is 8.39. The van der Waals surface area contributed by atoms with Gasteiger partial charge in [0.05, 0.1) is 6.54 Å². The molecule has 118 valence electrons. The molecule has 0 aromatic carbocycles. The lowest BCUT2D eigenvalue weighted by atomic mass is 10.0. The maximum Gasteiger partial charge on any atom is 0.274 e. The molecule has 3 rings (SSSR count). The van der Waals surface area contributed by atoms with Crippen molar-refractivity contribution < 1.29 is 9.53 Å². The van der Waals surface area contributed by atoms with Crippen LogP contribution in [-0.2, 0) is 11.2 Å². The Morgan fingerprint density at radius 1 is 1.32 bits per heavy atom. The fraction of sp³-hybridized carbons (Fsp3) is 0.625. The van der Waals surface area contributed by atoms with Crippen molar-refractivity contribution in [3.63, 3.8) is 0 Å². The Bertz CT molecular complexity index is 592. The Kier molecular flexibility index (Phi) is 4.36. The highest BCUT2D eigenvalue weighted by Gasteiger charge is 2.24. The number of rotatable bonds is 4. The number of nitrogens with zero attached hydrogens (tertiary/aromatic N) is 4. The van der Waals surface area contributed by atoms with Crippen molar-refractivity contribution in [2.24, 2.45) is 10.9 Å². The number of carbonyl (C=O) groups excluding carboxylic acids is 1. The second-order valence-corrected chi connectivity index (χ2v) is 6.24. The number of hydrogen-bond acceptors (Lipinski definition) is 5. The van der Waals surface area contributed by atoms with Gasteiger partial charge in [0.1, 0.15) is 6.61 Å². The predicted molar refractivity (Wildman–Crippen MR) is 83.1 cm³/mol. The molecule has 0 unspecified atom stereocenters. The third kappa shape index (κ3) is 3.10. The van der Waals surface area contributed by atoms with E-state index in [1.165, 1.54) is 0 Å². The van der Waals surface area contributed by atoms with Crippen LogP contribution in [0.4, 0.5) is 0 Å². The Labute approximate surface area is 130 Å². The first kappa shape index (κ1) is 14.9. The lowest BCUT2D eigenvalue weighted by Gasteiger charge is -2.16. The molecule has 2 aliphatic rings. The van der Waals surface area contributed by atoms with Crippen LogP contribution in [-0.4, -0.2) is 53.1 Å². The van der Waals surface area contributed by atoms with Crippen molar-refractivity contribution in [1.29, 1.82) is 0 Å². The zero-order valence-corrected chi connectivity index (χ0v) is 13.2. The number of aromatic nitrogens is 2. The summed E-state index contributed by atoms with van der Waals surface area (Å²) in [6.07, 6.45) is 2.97. The lowest BCUT2D eigenvalue weighted by molar-refractivity contribution is 0.0785. The topological polar surface area (TPSA) is 67.7 Å². The molecule has 1 fully saturated rings. The SMILES string of the molecule is CC(C)Cc1cc(C(=O)N2CCCC2)nnc1C1=NCCO1. The molecule has 6 heteroatoms. The van der Waals surface area contributed by atoms with Gasteiger partial charge in [0.25, 0.3) is 5.91 Å². The Hall–Kier alpha value is -1.98. The first-order valence-electron chi connectivity index (χ1n) is 7.98. The van der Waals surface area contributed by atoms with E-state index in [0.717, 1.165) is 37.9 Å². The van der Waals surface area contributed by atoms with Crippen LogP contribution in [0.25, 0.3) is 0 Å². The van der Waals surface area contributed by atoms with Gasteiger partial charge in [0.2, 0.25) is 5.90 Å². The minimum absolute atomic E-state index is 0.0177. The molecule has 0 saturated carbocycles. The van der Waals surface area contributed by atoms with Gasteiger partial charge in [-0.2, -0.15) is 0 Å². The Balaban J connectivity index is 1.90. The van der Waals surface area contributed by atoms with E-state index in [1.54, 1.807) is 0 Å². The number of carbonyl (C=O) groups is 1. The summed E-state index contributed by atoms with van der Waals surface area (Å²) in [5.41, 5.74) is 2.11. The summed E-state index contributed by atoms with van der Waals surface area (Å²) in [6, 6.07) is 1.87. The second kappa shape index (κ2) is 6.42. The molecule has 0 bridgehead atoms. The predicted octanol–water partition coefficient (Wildman–Crippen LogP) is 1.69. The Morgan fingerprint density at radius 2 is 2.09 bits per heavy atom. The van der Waals surface area contributed by atoms with E-state index >= 15 is 0 Å². The molecule has 0 N–H and O–H groups in total. The number of aliphatic imine (C=N–C) groups is 1. The first-order valence-corrected chi connectivity index (χ1v) is 7.98. The molecule has 1 amide bonds. The van der Waals surface area contributed by atoms with Crippen LogP contribution < -0.4 is 0 Å². The minimum atomic E-state index is -0.0177. The van der Waals surface area contributed by atoms with Crippen molar-refractivity contribution in [1.82, 2.24) is 15.1 Å². The molecule has 22 heavy (non-hydrogen) atoms. The van der Waals surface area contributed by atoms with Gasteiger partial charge >= 0.3 is 0 Å². The fourth-order valence-corrected chi connectivity index (χ4v) is 2.87. The van der Waals surface area contributed by atoms with E-state index in [0.29, 0.717) is 36.4 Å². The van der Waals surface area contributed by atoms with Crippen molar-refractivity contribution in [3.8, 4) is 0 Å². The maximum absolute atomic E-state index is 12.5. The van der Waals surface area contributed by atoms with Crippen LogP contribution in [0.15, 0.2) is 11.1 Å². The quantitative estimate of drug-likeness (QED) is 0.849. The molecule has 6 nitrogen and oxygen atoms in total. The van der Waals surface area contributed by atoms with Crippen molar-refractivity contribution in [3.05, 3.63) is 23.0 Å². The van der Waals surface area contributed by atoms with Gasteiger partial charge in [-0.1, -0.05) is 13.8 Å². The van der Waals surface area contributed by atoms with E-state index < -0.39 is 0 Å². The number of amides is 1. The van der Waals surface area contributed by atoms with E-state index in [4.69, 9.17) is 4.74 Å². The molecule has 1 aromatic heterocycles. The third-order valence-electron chi connectivity index (χ3n) is 3.90. The van der Waals surface area contributed by atoms with E-state index in [2.05, 4.69) is 29.0 Å². The molecule has 0 radical (unpaired) electrons. The zero-order valence-electron chi connectivity index (χ0n) is 13.2. The van der Waals surface area contributed by atoms with Crippen LogP contribution in [0.2, 0.25) is 0 Å². The van der Waals surface area contributed by atoms with Gasteiger partial charge in [-0.25, -0.2) is 4.99 Å². The van der Waals surface area contributed by atoms with Crippen LogP contribution in [0.1, 0.15) is 48.4 Å². The smallest absolute Gasteiger partial charge is 0.274 e. The van der Waals surface area contributed by atoms with Gasteiger partial charge < -0.3 is 9.64 Å². The van der Waals surface area contributed by atoms with Crippen molar-refractivity contribution in [2.75, 3.05) is 26.2 Å². The van der Waals surface area contributed by atoms with Gasteiger partial charge in [0, 0.05) is 13.1 Å². The summed E-state index contributed by atoms with van der Waals surface area (Å²) < 4.78 is 5.51. The lowest BCUT2D eigenvalue weighted by Crippen LogP contribution is -2.29. The molecule has 1 saturated heterocycles. The van der Waals surface area contributed by atoms with Crippen LogP contribution in [0, 0.1) is 5.92 Å². The standard InChI is InChI=1S/C16H22N4O2/c1-11(2)9-12-10-13(16(21)20-6-3-4-7-20)18-19-14(12)15-17-5-8-22-15/h10-11H,3-9H2,1-2H3. The van der Waals surface area contributed by atoms with Gasteiger partial charge in [-0.3, -0.25) is 4.79 Å². The largest absolute Gasteiger partial charge is 0.474 e. The summed E-state index contributed by atoms with van der Waals surface area (Å²) >= 11 is 0. The minimum Gasteiger partial charge on any atom is -0.474 e. The van der Waals surface area contributed by atoms with Crippen LogP contribution in [0.5, 0.6) is 0 Å². The molecule has 0 atom stereocenters. The molecule has 0 spiro atoms. The van der Waals surface area contributed by atoms with E-state index in [9.17, 15) is 4.79 Å². The third-order valence-corrected chi connectivity index (χ3v) is 3.90. The Morgan fingerprint density at radius 3 is 2.73 bits per heavy atom. The van der Waals surface area contributed by atoms with Crippen molar-refractivity contribution >= 4 is 11.8 Å². The highest BCUT2D eigenvalue weighted by molar-refractivity contribution is 5.96. The molecule has 3 heterocycles. The molecular weight excluding hydrogens is 280 g/mol. The fourth-order valence-electron chi connectivity index (χ4n) is 2.87. The number of hydrogen-bond donors (Lipinski definition) is 0. The van der Waals surface area contributed by atoms with Crippen LogP contribution in [0.3, 0.4) is 0 Å². The summed E-state index contributed by atoms with van der Waals surface area (Å²) in [5.74, 6) is 0.999. The second-order valence-electron chi connectivity index (χ2n) is 6.24. The normalized spacial score (nSPS) is 17.8.